The van der Waals surface area contributed by atoms with Gasteiger partial charge in [0.25, 0.3) is 0 Å². The Bertz CT molecular complexity index is 640. The molecule has 0 saturated carbocycles. The molecule has 4 heteroatoms. The van der Waals surface area contributed by atoms with Crippen LogP contribution < -0.4 is 10.1 Å². The van der Waals surface area contributed by atoms with Crippen molar-refractivity contribution in [1.29, 1.82) is 0 Å². The maximum atomic E-state index is 12.9. The highest BCUT2D eigenvalue weighted by molar-refractivity contribution is 9.10. The van der Waals surface area contributed by atoms with Gasteiger partial charge in [0.05, 0.1) is 0 Å². The lowest BCUT2D eigenvalue weighted by atomic mass is 10.0. The molecule has 0 bridgehead atoms. The van der Waals surface area contributed by atoms with E-state index in [1.54, 1.807) is 12.1 Å². The Hall–Kier alpha value is -1.39. The average molecular weight is 380 g/mol. The molecule has 0 aromatic heterocycles. The molecule has 2 nitrogen and oxygen atoms in total. The second kappa shape index (κ2) is 7.93. The van der Waals surface area contributed by atoms with E-state index < -0.39 is 0 Å². The van der Waals surface area contributed by atoms with E-state index in [-0.39, 0.29) is 11.4 Å². The molecule has 0 aliphatic heterocycles. The Labute approximate surface area is 146 Å². The third kappa shape index (κ3) is 5.63. The van der Waals surface area contributed by atoms with Gasteiger partial charge in [0.2, 0.25) is 0 Å². The van der Waals surface area contributed by atoms with Crippen molar-refractivity contribution in [2.75, 3.05) is 0 Å². The molecule has 0 fully saturated rings. The van der Waals surface area contributed by atoms with E-state index in [4.69, 9.17) is 4.74 Å². The largest absolute Gasteiger partial charge is 0.489 e. The highest BCUT2D eigenvalue weighted by Crippen LogP contribution is 2.25. The fourth-order valence-electron chi connectivity index (χ4n) is 2.03. The summed E-state index contributed by atoms with van der Waals surface area (Å²) in [6, 6.07) is 12.4. The highest BCUT2D eigenvalue weighted by atomic mass is 79.9. The predicted octanol–water partition coefficient (Wildman–Crippen LogP) is 5.45. The summed E-state index contributed by atoms with van der Waals surface area (Å²) >= 11 is 3.51. The topological polar surface area (TPSA) is 21.3 Å². The summed E-state index contributed by atoms with van der Waals surface area (Å²) in [5.41, 5.74) is 2.13. The highest BCUT2D eigenvalue weighted by Gasteiger charge is 2.15. The van der Waals surface area contributed by atoms with Crippen molar-refractivity contribution in [1.82, 2.24) is 5.32 Å². The smallest absolute Gasteiger partial charge is 0.124 e. The maximum absolute atomic E-state index is 12.9. The second-order valence-electron chi connectivity index (χ2n) is 6.26. The van der Waals surface area contributed by atoms with Gasteiger partial charge in [0.15, 0.2) is 0 Å². The molecular weight excluding hydrogens is 357 g/mol. The number of ether oxygens (including phenoxy) is 1. The molecule has 0 aliphatic carbocycles. The Morgan fingerprint density at radius 2 is 1.83 bits per heavy atom. The van der Waals surface area contributed by atoms with Gasteiger partial charge < -0.3 is 10.1 Å². The summed E-state index contributed by atoms with van der Waals surface area (Å²) in [6.07, 6.45) is 1.05. The fourth-order valence-corrected chi connectivity index (χ4v) is 2.44. The molecule has 0 aliphatic rings. The third-order valence-corrected chi connectivity index (χ3v) is 4.46. The minimum Gasteiger partial charge on any atom is -0.489 e. The quantitative estimate of drug-likeness (QED) is 0.690. The van der Waals surface area contributed by atoms with Crippen molar-refractivity contribution in [2.45, 2.75) is 45.9 Å². The van der Waals surface area contributed by atoms with Crippen LogP contribution in [-0.4, -0.2) is 5.54 Å². The summed E-state index contributed by atoms with van der Waals surface area (Å²) in [6.45, 7) is 7.69. The van der Waals surface area contributed by atoms with Crippen molar-refractivity contribution in [3.8, 4) is 5.75 Å². The lowest BCUT2D eigenvalue weighted by molar-refractivity contribution is 0.298. The van der Waals surface area contributed by atoms with Crippen molar-refractivity contribution in [2.24, 2.45) is 0 Å². The van der Waals surface area contributed by atoms with Crippen LogP contribution in [0.2, 0.25) is 0 Å². The molecule has 0 saturated heterocycles. The molecule has 0 unspecified atom stereocenters. The van der Waals surface area contributed by atoms with E-state index in [9.17, 15) is 4.39 Å². The number of nitrogens with one attached hydrogen (secondary N) is 1. The summed E-state index contributed by atoms with van der Waals surface area (Å²) in [7, 11) is 0. The van der Waals surface area contributed by atoms with Crippen molar-refractivity contribution in [3.63, 3.8) is 0 Å². The molecule has 2 rings (SSSR count). The number of benzene rings is 2. The van der Waals surface area contributed by atoms with Crippen LogP contribution in [-0.2, 0) is 13.2 Å². The van der Waals surface area contributed by atoms with Crippen molar-refractivity contribution < 1.29 is 9.13 Å². The zero-order valence-electron chi connectivity index (χ0n) is 13.8. The van der Waals surface area contributed by atoms with Gasteiger partial charge in [-0.25, -0.2) is 4.39 Å². The van der Waals surface area contributed by atoms with Gasteiger partial charge in [-0.2, -0.15) is 0 Å². The minimum absolute atomic E-state index is 0.0799. The van der Waals surface area contributed by atoms with Gasteiger partial charge >= 0.3 is 0 Å². The van der Waals surface area contributed by atoms with Crippen LogP contribution in [0, 0.1) is 5.82 Å². The molecule has 23 heavy (non-hydrogen) atoms. The van der Waals surface area contributed by atoms with Crippen LogP contribution in [0.1, 0.15) is 38.3 Å². The van der Waals surface area contributed by atoms with Gasteiger partial charge in [-0.3, -0.25) is 0 Å². The SMILES string of the molecule is CCC(C)(C)NCc1cc(Br)ccc1OCc1ccc(F)cc1. The first-order valence-electron chi connectivity index (χ1n) is 7.80. The first-order valence-corrected chi connectivity index (χ1v) is 8.59. The summed E-state index contributed by atoms with van der Waals surface area (Å²) in [4.78, 5) is 0. The number of halogens is 2. The van der Waals surface area contributed by atoms with E-state index >= 15 is 0 Å². The first kappa shape index (κ1) is 18.0. The van der Waals surface area contributed by atoms with Crippen LogP contribution >= 0.6 is 15.9 Å². The fraction of sp³-hybridized carbons (Fsp3) is 0.368. The monoisotopic (exact) mass is 379 g/mol. The van der Waals surface area contributed by atoms with Crippen LogP contribution in [0.5, 0.6) is 5.75 Å². The number of hydrogen-bond acceptors (Lipinski definition) is 2. The molecule has 1 N–H and O–H groups in total. The maximum Gasteiger partial charge on any atom is 0.124 e. The molecule has 0 amide bonds. The van der Waals surface area contributed by atoms with Gasteiger partial charge in [-0.15, -0.1) is 0 Å². The third-order valence-electron chi connectivity index (χ3n) is 3.97. The summed E-state index contributed by atoms with van der Waals surface area (Å²) < 4.78 is 19.9. The van der Waals surface area contributed by atoms with Gasteiger partial charge in [-0.05, 0) is 56.2 Å². The van der Waals surface area contributed by atoms with Crippen LogP contribution in [0.3, 0.4) is 0 Å². The Balaban J connectivity index is 2.07. The second-order valence-corrected chi connectivity index (χ2v) is 7.17. The Kier molecular flexibility index (Phi) is 6.19. The summed E-state index contributed by atoms with van der Waals surface area (Å²) in [5, 5.41) is 3.55. The van der Waals surface area contributed by atoms with E-state index in [0.29, 0.717) is 6.61 Å². The molecule has 2 aromatic rings. The minimum atomic E-state index is -0.232. The standard InChI is InChI=1S/C19H23BrFNO/c1-4-19(2,3)22-12-15-11-16(20)7-10-18(15)23-13-14-5-8-17(21)9-6-14/h5-11,22H,4,12-13H2,1-3H3. The van der Waals surface area contributed by atoms with Gasteiger partial charge in [0.1, 0.15) is 18.2 Å². The van der Waals surface area contributed by atoms with Gasteiger partial charge in [0, 0.05) is 22.1 Å². The number of hydrogen-bond donors (Lipinski definition) is 1. The van der Waals surface area contributed by atoms with E-state index in [1.807, 2.05) is 12.1 Å². The van der Waals surface area contributed by atoms with E-state index in [2.05, 4.69) is 48.1 Å². The van der Waals surface area contributed by atoms with Crippen molar-refractivity contribution >= 4 is 15.9 Å². The molecule has 2 aromatic carbocycles. The first-order chi connectivity index (χ1) is 10.9. The Morgan fingerprint density at radius 3 is 2.48 bits per heavy atom. The van der Waals surface area contributed by atoms with Gasteiger partial charge in [-0.1, -0.05) is 35.0 Å². The van der Waals surface area contributed by atoms with E-state index in [0.717, 1.165) is 34.3 Å². The van der Waals surface area contributed by atoms with Crippen LogP contribution in [0.4, 0.5) is 4.39 Å². The Morgan fingerprint density at radius 1 is 1.13 bits per heavy atom. The molecule has 124 valence electrons. The van der Waals surface area contributed by atoms with Crippen LogP contribution in [0.25, 0.3) is 0 Å². The normalized spacial score (nSPS) is 11.5. The lowest BCUT2D eigenvalue weighted by Gasteiger charge is -2.25. The zero-order chi connectivity index (χ0) is 16.9. The van der Waals surface area contributed by atoms with Crippen molar-refractivity contribution in [3.05, 3.63) is 63.9 Å². The molecule has 0 spiro atoms. The predicted molar refractivity (Wildman–Crippen MR) is 96.1 cm³/mol. The molecule has 0 radical (unpaired) electrons. The van der Waals surface area contributed by atoms with Crippen LogP contribution in [0.15, 0.2) is 46.9 Å². The molecular formula is C19H23BrFNO. The molecule has 0 atom stereocenters. The molecule has 0 heterocycles. The average Bonchev–Trinajstić information content (AvgIpc) is 2.53. The van der Waals surface area contributed by atoms with E-state index in [1.165, 1.54) is 12.1 Å². The lowest BCUT2D eigenvalue weighted by Crippen LogP contribution is -2.37. The number of rotatable bonds is 7. The zero-order valence-corrected chi connectivity index (χ0v) is 15.4. The summed E-state index contributed by atoms with van der Waals surface area (Å²) in [5.74, 6) is 0.612.